The minimum atomic E-state index is -0.953. The summed E-state index contributed by atoms with van der Waals surface area (Å²) in [6, 6.07) is 5.46. The number of aryl methyl sites for hydroxylation is 1. The molecule has 0 saturated carbocycles. The van der Waals surface area contributed by atoms with Crippen LogP contribution in [0.15, 0.2) is 18.2 Å². The Kier molecular flexibility index (Phi) is 6.22. The average molecular weight is 308 g/mol. The molecule has 0 bridgehead atoms. The molecule has 2 amide bonds. The third-order valence-electron chi connectivity index (χ3n) is 3.03. The van der Waals surface area contributed by atoms with Crippen molar-refractivity contribution in [2.24, 2.45) is 0 Å². The molecule has 0 unspecified atom stereocenters. The number of aliphatic carboxylic acids is 1. The van der Waals surface area contributed by atoms with Crippen LogP contribution < -0.4 is 15.4 Å². The van der Waals surface area contributed by atoms with E-state index in [0.717, 1.165) is 16.9 Å². The molecule has 0 aliphatic carbocycles. The molecule has 0 aliphatic heterocycles. The van der Waals surface area contributed by atoms with Gasteiger partial charge in [0.15, 0.2) is 6.73 Å². The van der Waals surface area contributed by atoms with Gasteiger partial charge in [-0.05, 0) is 24.0 Å². The number of carboxylic acids is 1. The van der Waals surface area contributed by atoms with Gasteiger partial charge in [0.05, 0.1) is 6.42 Å². The number of hydrogen-bond donors (Lipinski definition) is 3. The molecule has 6 nitrogen and oxygen atoms in total. The van der Waals surface area contributed by atoms with E-state index in [1.165, 1.54) is 0 Å². The van der Waals surface area contributed by atoms with E-state index in [0.29, 0.717) is 0 Å². The number of urea groups is 1. The number of carbonyl (C=O) groups is 2. The molecule has 0 atom stereocenters. The van der Waals surface area contributed by atoms with Crippen molar-refractivity contribution in [1.82, 2.24) is 10.6 Å². The monoisotopic (exact) mass is 308 g/mol. The van der Waals surface area contributed by atoms with E-state index in [9.17, 15) is 9.59 Å². The van der Waals surface area contributed by atoms with Gasteiger partial charge in [-0.3, -0.25) is 4.79 Å². The third-order valence-corrected chi connectivity index (χ3v) is 3.03. The van der Waals surface area contributed by atoms with Gasteiger partial charge in [-0.1, -0.05) is 38.5 Å². The number of carboxylic acid groups (broad SMARTS) is 1. The van der Waals surface area contributed by atoms with E-state index >= 15 is 0 Å². The number of rotatable bonds is 6. The van der Waals surface area contributed by atoms with Crippen LogP contribution in [0.25, 0.3) is 0 Å². The van der Waals surface area contributed by atoms with Gasteiger partial charge in [0.25, 0.3) is 0 Å². The summed E-state index contributed by atoms with van der Waals surface area (Å²) in [6.45, 7) is 8.42. The Morgan fingerprint density at radius 3 is 2.50 bits per heavy atom. The molecule has 0 heterocycles. The summed E-state index contributed by atoms with van der Waals surface area (Å²) in [5.74, 6) is -0.227. The molecule has 1 aromatic rings. The zero-order valence-corrected chi connectivity index (χ0v) is 13.5. The van der Waals surface area contributed by atoms with Gasteiger partial charge in [-0.25, -0.2) is 4.79 Å². The number of nitrogens with one attached hydrogen (secondary N) is 2. The van der Waals surface area contributed by atoms with E-state index in [1.54, 1.807) is 0 Å². The minimum Gasteiger partial charge on any atom is -0.481 e. The number of ether oxygens (including phenoxy) is 1. The Bertz CT molecular complexity index is 535. The summed E-state index contributed by atoms with van der Waals surface area (Å²) in [7, 11) is 0. The van der Waals surface area contributed by atoms with Gasteiger partial charge in [-0.2, -0.15) is 0 Å². The van der Waals surface area contributed by atoms with Gasteiger partial charge >= 0.3 is 12.0 Å². The summed E-state index contributed by atoms with van der Waals surface area (Å²) in [4.78, 5) is 21.8. The van der Waals surface area contributed by atoms with Gasteiger partial charge < -0.3 is 20.5 Å². The lowest BCUT2D eigenvalue weighted by Gasteiger charge is -2.23. The van der Waals surface area contributed by atoms with Crippen molar-refractivity contribution in [1.29, 1.82) is 0 Å². The van der Waals surface area contributed by atoms with E-state index < -0.39 is 12.0 Å². The first kappa shape index (κ1) is 17.8. The molecule has 0 aromatic heterocycles. The van der Waals surface area contributed by atoms with E-state index in [4.69, 9.17) is 9.84 Å². The van der Waals surface area contributed by atoms with Gasteiger partial charge in [-0.15, -0.1) is 0 Å². The Hall–Kier alpha value is -2.24. The lowest BCUT2D eigenvalue weighted by molar-refractivity contribution is -0.136. The normalized spacial score (nSPS) is 10.9. The van der Waals surface area contributed by atoms with Crippen LogP contribution in [0.2, 0.25) is 0 Å². The fourth-order valence-electron chi connectivity index (χ4n) is 1.88. The van der Waals surface area contributed by atoms with Crippen LogP contribution in [-0.2, 0) is 10.2 Å². The van der Waals surface area contributed by atoms with Crippen molar-refractivity contribution in [3.63, 3.8) is 0 Å². The third kappa shape index (κ3) is 6.03. The lowest BCUT2D eigenvalue weighted by atomic mass is 9.85. The van der Waals surface area contributed by atoms with Crippen molar-refractivity contribution in [3.8, 4) is 5.75 Å². The quantitative estimate of drug-likeness (QED) is 0.704. The van der Waals surface area contributed by atoms with Crippen LogP contribution >= 0.6 is 0 Å². The number of amides is 2. The second-order valence-electron chi connectivity index (χ2n) is 6.11. The lowest BCUT2D eigenvalue weighted by Crippen LogP contribution is -2.38. The van der Waals surface area contributed by atoms with E-state index in [2.05, 4.69) is 37.5 Å². The summed E-state index contributed by atoms with van der Waals surface area (Å²) < 4.78 is 5.63. The SMILES string of the molecule is Cc1ccc(OCNC(=O)NCCC(=O)O)c(C(C)(C)C)c1. The predicted octanol–water partition coefficient (Wildman–Crippen LogP) is 2.40. The molecular weight excluding hydrogens is 284 g/mol. The highest BCUT2D eigenvalue weighted by molar-refractivity contribution is 5.74. The summed E-state index contributed by atoms with van der Waals surface area (Å²) in [6.07, 6.45) is -0.111. The highest BCUT2D eigenvalue weighted by Gasteiger charge is 2.19. The Balaban J connectivity index is 2.51. The first-order valence-corrected chi connectivity index (χ1v) is 7.17. The molecular formula is C16H24N2O4. The van der Waals surface area contributed by atoms with Crippen LogP contribution in [0, 0.1) is 6.92 Å². The first-order valence-electron chi connectivity index (χ1n) is 7.17. The largest absolute Gasteiger partial charge is 0.481 e. The van der Waals surface area contributed by atoms with Gasteiger partial charge in [0.1, 0.15) is 5.75 Å². The van der Waals surface area contributed by atoms with E-state index in [-0.39, 0.29) is 25.1 Å². The highest BCUT2D eigenvalue weighted by atomic mass is 16.5. The molecule has 22 heavy (non-hydrogen) atoms. The molecule has 1 aromatic carbocycles. The first-order chi connectivity index (χ1) is 10.2. The van der Waals surface area contributed by atoms with Crippen LogP contribution in [-0.4, -0.2) is 30.4 Å². The van der Waals surface area contributed by atoms with Gasteiger partial charge in [0.2, 0.25) is 0 Å². The molecule has 0 spiro atoms. The van der Waals surface area contributed by atoms with Crippen LogP contribution in [0.3, 0.4) is 0 Å². The number of carbonyl (C=O) groups excluding carboxylic acids is 1. The molecule has 6 heteroatoms. The maximum Gasteiger partial charge on any atom is 0.317 e. The molecule has 0 fully saturated rings. The molecule has 122 valence electrons. The zero-order valence-electron chi connectivity index (χ0n) is 13.5. The molecule has 1 rings (SSSR count). The Labute approximate surface area is 130 Å². The average Bonchev–Trinajstić information content (AvgIpc) is 2.39. The molecule has 0 saturated heterocycles. The van der Waals surface area contributed by atoms with Crippen molar-refractivity contribution in [3.05, 3.63) is 29.3 Å². The van der Waals surface area contributed by atoms with Crippen molar-refractivity contribution >= 4 is 12.0 Å². The predicted molar refractivity (Wildman–Crippen MR) is 84.2 cm³/mol. The smallest absolute Gasteiger partial charge is 0.317 e. The molecule has 0 radical (unpaired) electrons. The summed E-state index contributed by atoms with van der Waals surface area (Å²) >= 11 is 0. The summed E-state index contributed by atoms with van der Waals surface area (Å²) in [5, 5.41) is 13.5. The highest BCUT2D eigenvalue weighted by Crippen LogP contribution is 2.31. The van der Waals surface area contributed by atoms with Crippen molar-refractivity contribution in [2.75, 3.05) is 13.3 Å². The number of benzene rings is 1. The van der Waals surface area contributed by atoms with E-state index in [1.807, 2.05) is 19.1 Å². The fraction of sp³-hybridized carbons (Fsp3) is 0.500. The molecule has 3 N–H and O–H groups in total. The van der Waals surface area contributed by atoms with Crippen molar-refractivity contribution in [2.45, 2.75) is 39.5 Å². The maximum atomic E-state index is 11.5. The zero-order chi connectivity index (χ0) is 16.8. The Morgan fingerprint density at radius 2 is 1.91 bits per heavy atom. The minimum absolute atomic E-state index is 0.0189. The number of hydrogen-bond acceptors (Lipinski definition) is 3. The fourth-order valence-corrected chi connectivity index (χ4v) is 1.88. The standard InChI is InChI=1S/C16H24N2O4/c1-11-5-6-13(12(9-11)16(2,3)4)22-10-18-15(21)17-8-7-14(19)20/h5-6,9H,7-8,10H2,1-4H3,(H,19,20)(H2,17,18,21). The van der Waals surface area contributed by atoms with Crippen molar-refractivity contribution < 1.29 is 19.4 Å². The van der Waals surface area contributed by atoms with Crippen LogP contribution in [0.1, 0.15) is 38.3 Å². The second kappa shape index (κ2) is 7.68. The second-order valence-corrected chi connectivity index (χ2v) is 6.11. The van der Waals surface area contributed by atoms with Gasteiger partial charge in [0, 0.05) is 6.54 Å². The Morgan fingerprint density at radius 1 is 1.23 bits per heavy atom. The summed E-state index contributed by atoms with van der Waals surface area (Å²) in [5.41, 5.74) is 2.16. The van der Waals surface area contributed by atoms with Crippen LogP contribution in [0.5, 0.6) is 5.75 Å². The van der Waals surface area contributed by atoms with Crippen LogP contribution in [0.4, 0.5) is 4.79 Å². The molecule has 0 aliphatic rings. The topological polar surface area (TPSA) is 87.7 Å². The maximum absolute atomic E-state index is 11.5.